The van der Waals surface area contributed by atoms with Gasteiger partial charge in [-0.2, -0.15) is 0 Å². The van der Waals surface area contributed by atoms with Gasteiger partial charge >= 0.3 is 7.46 Å². The monoisotopic (exact) mass is 206 g/mol. The molecule has 0 saturated heterocycles. The van der Waals surface area contributed by atoms with E-state index in [0.29, 0.717) is 6.54 Å². The Balaban J connectivity index is 0.00000225. The molecule has 3 heteroatoms. The zero-order valence-electron chi connectivity index (χ0n) is 10.2. The van der Waals surface area contributed by atoms with Crippen molar-refractivity contribution in [3.8, 4) is 0 Å². The van der Waals surface area contributed by atoms with Gasteiger partial charge in [-0.05, 0) is 31.9 Å². The average Bonchev–Trinajstić information content (AvgIpc) is 2.15. The molecule has 2 amide bonds. The van der Waals surface area contributed by atoms with Gasteiger partial charge in [0.05, 0.1) is 0 Å². The molecular weight excluding hydrogens is 188 g/mol. The van der Waals surface area contributed by atoms with E-state index in [1.165, 1.54) is 4.90 Å². The molecule has 1 aromatic carbocycles. The Morgan fingerprint density at radius 1 is 1.53 bits per heavy atom. The Morgan fingerprint density at radius 3 is 2.47 bits per heavy atom. The third kappa shape index (κ3) is 3.27. The molecule has 0 aliphatic carbocycles. The second kappa shape index (κ2) is 4.82. The van der Waals surface area contributed by atoms with Gasteiger partial charge in [0.15, 0.2) is 0 Å². The van der Waals surface area contributed by atoms with Gasteiger partial charge in [0.25, 0.3) is 0 Å². The molecule has 1 radical (unpaired) electrons. The topological polar surface area (TPSA) is 46.3 Å². The fourth-order valence-electron chi connectivity index (χ4n) is 1.36. The lowest BCUT2D eigenvalue weighted by Gasteiger charge is -2.22. The van der Waals surface area contributed by atoms with Crippen molar-refractivity contribution < 1.29 is 6.22 Å². The Morgan fingerprint density at radius 2 is 2.07 bits per heavy atom. The van der Waals surface area contributed by atoms with Crippen LogP contribution in [0.3, 0.4) is 0 Å². The van der Waals surface area contributed by atoms with E-state index in [1.54, 1.807) is 0 Å². The van der Waals surface area contributed by atoms with E-state index < -0.39 is 6.03 Å². The SMILES string of the molecule is [CH2]C(C)CN(C(N)=O)c1ccc(C)cc1.[H+]. The number of hydrogen-bond donors (Lipinski definition) is 1. The van der Waals surface area contributed by atoms with Crippen LogP contribution in [0, 0.1) is 19.8 Å². The lowest BCUT2D eigenvalue weighted by atomic mass is 10.1. The normalized spacial score (nSPS) is 10.4. The van der Waals surface area contributed by atoms with Crippen molar-refractivity contribution in [3.05, 3.63) is 36.8 Å². The molecular formula is C12H18N2O+. The first-order valence-corrected chi connectivity index (χ1v) is 4.97. The maximum atomic E-state index is 11.2. The molecule has 1 aromatic rings. The second-order valence-electron chi connectivity index (χ2n) is 3.89. The number of hydrogen-bond acceptors (Lipinski definition) is 1. The van der Waals surface area contributed by atoms with Gasteiger partial charge in [-0.1, -0.05) is 24.6 Å². The predicted octanol–water partition coefficient (Wildman–Crippen LogP) is 2.46. The summed E-state index contributed by atoms with van der Waals surface area (Å²) in [6.45, 7) is 8.35. The maximum Gasteiger partial charge on any atom is 1.00 e. The van der Waals surface area contributed by atoms with Gasteiger partial charge in [-0.25, -0.2) is 4.79 Å². The van der Waals surface area contributed by atoms with E-state index in [1.807, 2.05) is 38.1 Å². The predicted molar refractivity (Wildman–Crippen MR) is 63.7 cm³/mol. The van der Waals surface area contributed by atoms with E-state index in [-0.39, 0.29) is 7.34 Å². The minimum absolute atomic E-state index is 0. The molecule has 0 fully saturated rings. The van der Waals surface area contributed by atoms with Gasteiger partial charge in [0.2, 0.25) is 0 Å². The third-order valence-corrected chi connectivity index (χ3v) is 2.11. The molecule has 0 aromatic heterocycles. The van der Waals surface area contributed by atoms with Crippen LogP contribution in [0.2, 0.25) is 0 Å². The molecule has 0 aliphatic rings. The summed E-state index contributed by atoms with van der Waals surface area (Å²) in [5.41, 5.74) is 7.30. The standard InChI is InChI=1S/C12H17N2O/c1-9(2)8-14(12(13)15)11-6-4-10(3)5-7-11/h4-7,9H,1,8H2,2-3H3,(H2,13,15)/p+1. The number of nitrogens with zero attached hydrogens (tertiary/aromatic N) is 1. The fraction of sp³-hybridized carbons (Fsp3) is 0.333. The number of benzene rings is 1. The number of nitrogens with two attached hydrogens (primary N) is 1. The van der Waals surface area contributed by atoms with Gasteiger partial charge in [-0.15, -0.1) is 0 Å². The molecule has 1 atom stereocenters. The van der Waals surface area contributed by atoms with Crippen molar-refractivity contribution >= 4 is 11.7 Å². The van der Waals surface area contributed by atoms with Crippen LogP contribution in [0.4, 0.5) is 10.5 Å². The number of rotatable bonds is 3. The quantitative estimate of drug-likeness (QED) is 0.811. The maximum absolute atomic E-state index is 11.2. The van der Waals surface area contributed by atoms with Gasteiger partial charge < -0.3 is 5.73 Å². The number of urea groups is 1. The average molecular weight is 206 g/mol. The van der Waals surface area contributed by atoms with E-state index >= 15 is 0 Å². The van der Waals surface area contributed by atoms with Crippen LogP contribution in [0.5, 0.6) is 0 Å². The Bertz CT molecular complexity index is 335. The molecule has 0 bridgehead atoms. The second-order valence-corrected chi connectivity index (χ2v) is 3.89. The largest absolute Gasteiger partial charge is 1.00 e. The van der Waals surface area contributed by atoms with Crippen LogP contribution in [-0.2, 0) is 0 Å². The summed E-state index contributed by atoms with van der Waals surface area (Å²) in [5.74, 6) is 0.152. The molecule has 81 valence electrons. The first-order valence-electron chi connectivity index (χ1n) is 4.97. The third-order valence-electron chi connectivity index (χ3n) is 2.11. The summed E-state index contributed by atoms with van der Waals surface area (Å²) >= 11 is 0. The van der Waals surface area contributed by atoms with Crippen molar-refractivity contribution in [3.63, 3.8) is 0 Å². The highest BCUT2D eigenvalue weighted by atomic mass is 16.2. The highest BCUT2D eigenvalue weighted by Gasteiger charge is 2.13. The lowest BCUT2D eigenvalue weighted by Crippen LogP contribution is -2.38. The highest BCUT2D eigenvalue weighted by Crippen LogP contribution is 2.16. The van der Waals surface area contributed by atoms with Crippen molar-refractivity contribution in [1.29, 1.82) is 0 Å². The summed E-state index contributed by atoms with van der Waals surface area (Å²) in [6.07, 6.45) is 0. The number of carbonyl (C=O) groups is 1. The van der Waals surface area contributed by atoms with E-state index in [0.717, 1.165) is 11.3 Å². The van der Waals surface area contributed by atoms with Crippen LogP contribution in [-0.4, -0.2) is 12.6 Å². The van der Waals surface area contributed by atoms with Gasteiger partial charge in [0.1, 0.15) is 0 Å². The van der Waals surface area contributed by atoms with E-state index in [9.17, 15) is 4.79 Å². The summed E-state index contributed by atoms with van der Waals surface area (Å²) in [4.78, 5) is 12.8. The molecule has 1 unspecified atom stereocenters. The molecule has 1 rings (SSSR count). The number of amides is 2. The molecule has 0 saturated carbocycles. The number of anilines is 1. The summed E-state index contributed by atoms with van der Waals surface area (Å²) in [7, 11) is 0. The smallest absolute Gasteiger partial charge is 0.351 e. The van der Waals surface area contributed by atoms with Gasteiger partial charge in [-0.3, -0.25) is 4.90 Å². The zero-order chi connectivity index (χ0) is 11.4. The Kier molecular flexibility index (Phi) is 3.72. The van der Waals surface area contributed by atoms with Crippen LogP contribution >= 0.6 is 0 Å². The minimum atomic E-state index is -0.436. The Labute approximate surface area is 92.4 Å². The summed E-state index contributed by atoms with van der Waals surface area (Å²) < 4.78 is 0. The summed E-state index contributed by atoms with van der Waals surface area (Å²) in [5, 5.41) is 0. The van der Waals surface area contributed by atoms with Crippen molar-refractivity contribution in [2.75, 3.05) is 11.4 Å². The number of primary amides is 1. The van der Waals surface area contributed by atoms with E-state index in [4.69, 9.17) is 5.73 Å². The first kappa shape index (κ1) is 11.6. The van der Waals surface area contributed by atoms with Crippen LogP contribution in [0.15, 0.2) is 24.3 Å². The highest BCUT2D eigenvalue weighted by molar-refractivity contribution is 5.90. The zero-order valence-corrected chi connectivity index (χ0v) is 9.23. The number of aryl methyl sites for hydroxylation is 1. The molecule has 3 nitrogen and oxygen atoms in total. The Hall–Kier alpha value is -1.51. The van der Waals surface area contributed by atoms with Crippen LogP contribution < -0.4 is 10.6 Å². The molecule has 0 spiro atoms. The van der Waals surface area contributed by atoms with E-state index in [2.05, 4.69) is 6.92 Å². The van der Waals surface area contributed by atoms with Crippen molar-refractivity contribution in [1.82, 2.24) is 0 Å². The fourth-order valence-corrected chi connectivity index (χ4v) is 1.36. The van der Waals surface area contributed by atoms with Crippen molar-refractivity contribution in [2.24, 2.45) is 11.7 Å². The van der Waals surface area contributed by atoms with Crippen LogP contribution in [0.1, 0.15) is 13.9 Å². The van der Waals surface area contributed by atoms with Crippen molar-refractivity contribution in [2.45, 2.75) is 13.8 Å². The first-order chi connectivity index (χ1) is 7.00. The minimum Gasteiger partial charge on any atom is -0.351 e. The molecule has 15 heavy (non-hydrogen) atoms. The van der Waals surface area contributed by atoms with Crippen LogP contribution in [0.25, 0.3) is 0 Å². The molecule has 2 N–H and O–H groups in total. The lowest BCUT2D eigenvalue weighted by molar-refractivity contribution is 0.253. The summed E-state index contributed by atoms with van der Waals surface area (Å²) in [6, 6.07) is 7.26. The molecule has 0 aliphatic heterocycles. The number of carbonyl (C=O) groups excluding carboxylic acids is 1. The van der Waals surface area contributed by atoms with Gasteiger partial charge in [0, 0.05) is 12.2 Å². The molecule has 0 heterocycles.